The number of anilines is 1. The summed E-state index contributed by atoms with van der Waals surface area (Å²) in [6.07, 6.45) is 4.23. The second kappa shape index (κ2) is 6.45. The van der Waals surface area contributed by atoms with Gasteiger partial charge in [0.15, 0.2) is 0 Å². The van der Waals surface area contributed by atoms with E-state index in [-0.39, 0.29) is 0 Å². The number of nitrogens with two attached hydrogens (primary N) is 1. The van der Waals surface area contributed by atoms with E-state index in [1.165, 1.54) is 26.8 Å². The smallest absolute Gasteiger partial charge is 0.200 e. The van der Waals surface area contributed by atoms with E-state index >= 15 is 0 Å². The summed E-state index contributed by atoms with van der Waals surface area (Å²) >= 11 is 1.72. The van der Waals surface area contributed by atoms with Crippen molar-refractivity contribution in [2.24, 2.45) is 10.7 Å². The molecule has 0 radical (unpaired) electrons. The molecule has 126 valence electrons. The predicted molar refractivity (Wildman–Crippen MR) is 109 cm³/mol. The van der Waals surface area contributed by atoms with Gasteiger partial charge < -0.3 is 10.6 Å². The first-order valence-corrected chi connectivity index (χ1v) is 9.65. The van der Waals surface area contributed by atoms with Crippen LogP contribution in [0, 0.1) is 0 Å². The average Bonchev–Trinajstić information content (AvgIpc) is 3.08. The number of hydrogen-bond acceptors (Lipinski definition) is 2. The molecule has 0 bridgehead atoms. The average molecular weight is 347 g/mol. The van der Waals surface area contributed by atoms with Crippen LogP contribution in [0.4, 0.5) is 11.4 Å². The maximum atomic E-state index is 6.31. The predicted octanol–water partition coefficient (Wildman–Crippen LogP) is 4.74. The molecule has 3 aromatic rings. The number of nitrogens with zero attached hydrogens (tertiary/aromatic N) is 2. The van der Waals surface area contributed by atoms with E-state index in [2.05, 4.69) is 53.7 Å². The highest BCUT2D eigenvalue weighted by molar-refractivity contribution is 7.98. The number of rotatable bonds is 3. The lowest BCUT2D eigenvalue weighted by Crippen LogP contribution is -2.34. The second-order valence-corrected chi connectivity index (χ2v) is 7.19. The van der Waals surface area contributed by atoms with E-state index in [4.69, 9.17) is 5.73 Å². The third-order valence-electron chi connectivity index (χ3n) is 4.88. The summed E-state index contributed by atoms with van der Waals surface area (Å²) < 4.78 is 0. The molecule has 4 heteroatoms. The van der Waals surface area contributed by atoms with E-state index in [9.17, 15) is 0 Å². The molecule has 0 saturated carbocycles. The molecule has 0 unspecified atom stereocenters. The van der Waals surface area contributed by atoms with Crippen LogP contribution in [-0.4, -0.2) is 19.3 Å². The fourth-order valence-corrected chi connectivity index (χ4v) is 3.96. The first-order valence-electron chi connectivity index (χ1n) is 8.43. The Balaban J connectivity index is 1.70. The van der Waals surface area contributed by atoms with Gasteiger partial charge in [-0.25, -0.2) is 4.99 Å². The number of hydrogen-bond donors (Lipinski definition) is 1. The van der Waals surface area contributed by atoms with Gasteiger partial charge in [-0.1, -0.05) is 24.3 Å². The summed E-state index contributed by atoms with van der Waals surface area (Å²) in [5.74, 6) is 0.511. The molecule has 0 spiro atoms. The van der Waals surface area contributed by atoms with Crippen LogP contribution in [0.1, 0.15) is 11.1 Å². The van der Waals surface area contributed by atoms with E-state index < -0.39 is 0 Å². The molecular formula is C21H21N3S. The number of aryl methyl sites for hydroxylation is 2. The van der Waals surface area contributed by atoms with Gasteiger partial charge in [0.25, 0.3) is 0 Å². The summed E-state index contributed by atoms with van der Waals surface area (Å²) in [6, 6.07) is 19.0. The van der Waals surface area contributed by atoms with Crippen LogP contribution in [0.5, 0.6) is 0 Å². The summed E-state index contributed by atoms with van der Waals surface area (Å²) in [4.78, 5) is 7.82. The highest BCUT2D eigenvalue weighted by atomic mass is 32.2. The van der Waals surface area contributed by atoms with E-state index in [1.54, 1.807) is 11.8 Å². The minimum Gasteiger partial charge on any atom is -0.369 e. The highest BCUT2D eigenvalue weighted by Crippen LogP contribution is 2.37. The van der Waals surface area contributed by atoms with Crippen molar-refractivity contribution in [3.05, 3.63) is 65.7 Å². The Bertz CT molecular complexity index is 961. The van der Waals surface area contributed by atoms with Gasteiger partial charge in [-0.05, 0) is 71.3 Å². The largest absolute Gasteiger partial charge is 0.369 e. The van der Waals surface area contributed by atoms with Gasteiger partial charge in [0.2, 0.25) is 5.96 Å². The van der Waals surface area contributed by atoms with Crippen LogP contribution in [0.2, 0.25) is 0 Å². The lowest BCUT2D eigenvalue weighted by atomic mass is 10.0. The van der Waals surface area contributed by atoms with Crippen molar-refractivity contribution in [1.29, 1.82) is 0 Å². The standard InChI is InChI=1S/C21H21N3S/c1-24(21(22)23-16-8-10-17(25-2)11-9-16)19-13-7-15-5-3-4-14-6-12-18(19)20(14)15/h3-5,7-11,13H,6,12H2,1-2H3,(H2,22,23). The molecule has 3 aromatic carbocycles. The molecule has 0 fully saturated rings. The van der Waals surface area contributed by atoms with Crippen molar-refractivity contribution in [1.82, 2.24) is 0 Å². The molecule has 0 amide bonds. The van der Waals surface area contributed by atoms with Gasteiger partial charge in [-0.15, -0.1) is 11.8 Å². The Morgan fingerprint density at radius 1 is 1.04 bits per heavy atom. The third kappa shape index (κ3) is 2.87. The fourth-order valence-electron chi connectivity index (χ4n) is 3.55. The normalized spacial score (nSPS) is 13.4. The Morgan fingerprint density at radius 3 is 2.60 bits per heavy atom. The monoisotopic (exact) mass is 347 g/mol. The van der Waals surface area contributed by atoms with Gasteiger partial charge in [0.05, 0.1) is 5.69 Å². The van der Waals surface area contributed by atoms with E-state index in [0.29, 0.717) is 5.96 Å². The molecule has 1 aliphatic carbocycles. The molecule has 4 rings (SSSR count). The fraction of sp³-hybridized carbons (Fsp3) is 0.190. The SMILES string of the molecule is CSc1ccc(N=C(N)N(C)c2ccc3cccc4c3c2CC4)cc1. The molecule has 0 aromatic heterocycles. The summed E-state index contributed by atoms with van der Waals surface area (Å²) in [5.41, 5.74) is 11.2. The van der Waals surface area contributed by atoms with Gasteiger partial charge >= 0.3 is 0 Å². The number of thioether (sulfide) groups is 1. The number of aliphatic imine (C=N–C) groups is 1. The molecule has 3 nitrogen and oxygen atoms in total. The van der Waals surface area contributed by atoms with Crippen LogP contribution >= 0.6 is 11.8 Å². The zero-order chi connectivity index (χ0) is 17.4. The Labute approximate surface area is 152 Å². The van der Waals surface area contributed by atoms with Crippen LogP contribution in [0.3, 0.4) is 0 Å². The summed E-state index contributed by atoms with van der Waals surface area (Å²) in [6.45, 7) is 0. The molecule has 2 N–H and O–H groups in total. The quantitative estimate of drug-likeness (QED) is 0.422. The van der Waals surface area contributed by atoms with Crippen molar-refractivity contribution in [3.8, 4) is 0 Å². The highest BCUT2D eigenvalue weighted by Gasteiger charge is 2.20. The van der Waals surface area contributed by atoms with Crippen LogP contribution in [0.25, 0.3) is 10.8 Å². The van der Waals surface area contributed by atoms with Crippen molar-refractivity contribution < 1.29 is 0 Å². The second-order valence-electron chi connectivity index (χ2n) is 6.31. The van der Waals surface area contributed by atoms with E-state index in [0.717, 1.165) is 24.2 Å². The lowest BCUT2D eigenvalue weighted by Gasteiger charge is -2.21. The lowest BCUT2D eigenvalue weighted by molar-refractivity contribution is 1.02. The number of benzene rings is 3. The van der Waals surface area contributed by atoms with Crippen molar-refractivity contribution in [2.75, 3.05) is 18.2 Å². The first kappa shape index (κ1) is 16.0. The minimum atomic E-state index is 0.511. The van der Waals surface area contributed by atoms with Crippen LogP contribution < -0.4 is 10.6 Å². The van der Waals surface area contributed by atoms with Gasteiger partial charge in [0.1, 0.15) is 0 Å². The van der Waals surface area contributed by atoms with Gasteiger partial charge in [-0.2, -0.15) is 0 Å². The van der Waals surface area contributed by atoms with Crippen molar-refractivity contribution in [3.63, 3.8) is 0 Å². The third-order valence-corrected chi connectivity index (χ3v) is 5.62. The molecule has 0 atom stereocenters. The van der Waals surface area contributed by atoms with Gasteiger partial charge in [-0.3, -0.25) is 0 Å². The molecule has 1 aliphatic rings. The zero-order valence-corrected chi connectivity index (χ0v) is 15.3. The molecule has 0 aliphatic heterocycles. The van der Waals surface area contributed by atoms with Gasteiger partial charge in [0, 0.05) is 17.6 Å². The zero-order valence-electron chi connectivity index (χ0n) is 14.5. The summed E-state index contributed by atoms with van der Waals surface area (Å²) in [7, 11) is 1.99. The van der Waals surface area contributed by atoms with Crippen molar-refractivity contribution in [2.45, 2.75) is 17.7 Å². The number of guanidine groups is 1. The Kier molecular flexibility index (Phi) is 4.14. The minimum absolute atomic E-state index is 0.511. The maximum Gasteiger partial charge on any atom is 0.200 e. The molecular weight excluding hydrogens is 326 g/mol. The Hall–Kier alpha value is -2.46. The van der Waals surface area contributed by atoms with Crippen molar-refractivity contribution >= 4 is 39.9 Å². The first-order chi connectivity index (χ1) is 12.2. The molecule has 0 heterocycles. The maximum absolute atomic E-state index is 6.31. The van der Waals surface area contributed by atoms with Crippen LogP contribution in [-0.2, 0) is 12.8 Å². The summed E-state index contributed by atoms with van der Waals surface area (Å²) in [5, 5.41) is 2.70. The van der Waals surface area contributed by atoms with Crippen LogP contribution in [0.15, 0.2) is 64.5 Å². The topological polar surface area (TPSA) is 41.6 Å². The molecule has 25 heavy (non-hydrogen) atoms. The Morgan fingerprint density at radius 2 is 1.84 bits per heavy atom. The van der Waals surface area contributed by atoms with E-state index in [1.807, 2.05) is 24.1 Å². The molecule has 0 saturated heterocycles.